The van der Waals surface area contributed by atoms with Crippen LogP contribution in [-0.4, -0.2) is 44.9 Å². The first-order valence-electron chi connectivity index (χ1n) is 10.8. The number of rotatable bonds is 9. The first-order valence-corrected chi connectivity index (χ1v) is 12.5. The highest BCUT2D eigenvalue weighted by Gasteiger charge is 2.36. The van der Waals surface area contributed by atoms with E-state index in [0.717, 1.165) is 27.3 Å². The lowest BCUT2D eigenvalue weighted by Crippen LogP contribution is -2.33. The molecule has 2 heterocycles. The van der Waals surface area contributed by atoms with Gasteiger partial charge in [-0.1, -0.05) is 34.1 Å². The van der Waals surface area contributed by atoms with E-state index in [4.69, 9.17) is 9.47 Å². The van der Waals surface area contributed by atoms with Gasteiger partial charge in [0.15, 0.2) is 17.3 Å². The highest BCUT2D eigenvalue weighted by Crippen LogP contribution is 2.36. The minimum absolute atomic E-state index is 0.135. The largest absolute Gasteiger partial charge is 0.490 e. The number of nitrogens with zero attached hydrogens (tertiary/aromatic N) is 3. The Bertz CT molecular complexity index is 1410. The number of carbonyl (C=O) groups is 3. The molecule has 37 heavy (non-hydrogen) atoms. The van der Waals surface area contributed by atoms with Gasteiger partial charge in [-0.25, -0.2) is 4.98 Å². The molecule has 0 radical (unpaired) electrons. The molecule has 0 unspecified atom stereocenters. The Morgan fingerprint density at radius 1 is 1.14 bits per heavy atom. The third-order valence-corrected chi connectivity index (χ3v) is 6.49. The maximum absolute atomic E-state index is 12.9. The van der Waals surface area contributed by atoms with Crippen LogP contribution in [0.3, 0.4) is 0 Å². The topological polar surface area (TPSA) is 129 Å². The van der Waals surface area contributed by atoms with Gasteiger partial charge in [-0.15, -0.1) is 0 Å². The van der Waals surface area contributed by atoms with Crippen LogP contribution in [0.15, 0.2) is 70.2 Å². The number of ketones is 1. The van der Waals surface area contributed by atoms with Gasteiger partial charge in [-0.05, 0) is 54.6 Å². The Labute approximate surface area is 223 Å². The minimum atomic E-state index is -0.561. The van der Waals surface area contributed by atoms with Gasteiger partial charge in [0.05, 0.1) is 23.0 Å². The van der Waals surface area contributed by atoms with E-state index in [1.165, 1.54) is 18.2 Å². The van der Waals surface area contributed by atoms with Crippen LogP contribution in [0.25, 0.3) is 6.08 Å². The second-order valence-electron chi connectivity index (χ2n) is 7.55. The lowest BCUT2D eigenvalue weighted by molar-refractivity contribution is -0.385. The summed E-state index contributed by atoms with van der Waals surface area (Å²) in [6.07, 6.45) is 2.62. The van der Waals surface area contributed by atoms with Crippen molar-refractivity contribution in [1.82, 2.24) is 9.88 Å². The van der Waals surface area contributed by atoms with E-state index in [0.29, 0.717) is 29.2 Å². The zero-order valence-electron chi connectivity index (χ0n) is 19.3. The van der Waals surface area contributed by atoms with Crippen molar-refractivity contribution in [2.45, 2.75) is 6.92 Å². The van der Waals surface area contributed by atoms with E-state index in [1.807, 2.05) is 0 Å². The zero-order chi connectivity index (χ0) is 26.5. The van der Waals surface area contributed by atoms with Gasteiger partial charge in [0, 0.05) is 22.2 Å². The summed E-state index contributed by atoms with van der Waals surface area (Å²) in [7, 11) is 0. The summed E-state index contributed by atoms with van der Waals surface area (Å²) in [5.74, 6) is -0.115. The molecule has 1 aromatic heterocycles. The number of carbonyl (C=O) groups excluding carboxylic acids is 3. The van der Waals surface area contributed by atoms with Gasteiger partial charge < -0.3 is 9.47 Å². The van der Waals surface area contributed by atoms with Gasteiger partial charge in [0.2, 0.25) is 5.88 Å². The Morgan fingerprint density at radius 3 is 2.54 bits per heavy atom. The van der Waals surface area contributed by atoms with Crippen molar-refractivity contribution in [3.05, 3.63) is 91.4 Å². The summed E-state index contributed by atoms with van der Waals surface area (Å²) < 4.78 is 12.2. The highest BCUT2D eigenvalue weighted by atomic mass is 79.9. The lowest BCUT2D eigenvalue weighted by atomic mass is 10.1. The standard InChI is InChI=1S/C25H18BrN3O7S/c1-2-35-21-11-15(3-9-20(21)36-23-10-8-18(13-27-23)29(33)34)12-22-24(31)28(25(32)37-22)14-19(30)16-4-6-17(26)7-5-16/h3-13H,2,14H2,1H3/b22-12-. The third-order valence-electron chi connectivity index (χ3n) is 5.05. The quantitative estimate of drug-likeness (QED) is 0.131. The van der Waals surface area contributed by atoms with E-state index in [-0.39, 0.29) is 28.8 Å². The van der Waals surface area contributed by atoms with E-state index in [9.17, 15) is 24.5 Å². The molecule has 188 valence electrons. The van der Waals surface area contributed by atoms with Crippen molar-refractivity contribution >= 4 is 56.4 Å². The van der Waals surface area contributed by atoms with Crippen LogP contribution in [0.2, 0.25) is 0 Å². The summed E-state index contributed by atoms with van der Waals surface area (Å²) in [5, 5.41) is 10.3. The molecule has 0 N–H and O–H groups in total. The predicted octanol–water partition coefficient (Wildman–Crippen LogP) is 5.86. The molecule has 1 aliphatic heterocycles. The number of nitro groups is 1. The summed E-state index contributed by atoms with van der Waals surface area (Å²) >= 11 is 4.05. The number of imide groups is 1. The SMILES string of the molecule is CCOc1cc(/C=C2\SC(=O)N(CC(=O)c3ccc(Br)cc3)C2=O)ccc1Oc1ccc([N+](=O)[O-])cn1. The van der Waals surface area contributed by atoms with Gasteiger partial charge in [0.1, 0.15) is 6.20 Å². The van der Waals surface area contributed by atoms with E-state index < -0.39 is 16.1 Å². The lowest BCUT2D eigenvalue weighted by Gasteiger charge is -2.12. The number of aromatic nitrogens is 1. The number of benzene rings is 2. The molecule has 3 aromatic rings. The van der Waals surface area contributed by atoms with Crippen molar-refractivity contribution in [3.8, 4) is 17.4 Å². The van der Waals surface area contributed by atoms with E-state index in [2.05, 4.69) is 20.9 Å². The molecule has 1 fully saturated rings. The van der Waals surface area contributed by atoms with Crippen molar-refractivity contribution in [1.29, 1.82) is 0 Å². The summed E-state index contributed by atoms with van der Waals surface area (Å²) in [6.45, 7) is 1.75. The Morgan fingerprint density at radius 2 is 1.89 bits per heavy atom. The molecule has 4 rings (SSSR count). The first-order chi connectivity index (χ1) is 17.7. The van der Waals surface area contributed by atoms with Crippen molar-refractivity contribution < 1.29 is 28.8 Å². The average Bonchev–Trinajstić information content (AvgIpc) is 3.13. The number of ether oxygens (including phenoxy) is 2. The number of amides is 2. The fourth-order valence-electron chi connectivity index (χ4n) is 3.28. The molecule has 0 aliphatic carbocycles. The van der Waals surface area contributed by atoms with E-state index in [1.54, 1.807) is 49.4 Å². The molecule has 1 saturated heterocycles. The smallest absolute Gasteiger partial charge is 0.293 e. The third kappa shape index (κ3) is 6.22. The average molecular weight is 584 g/mol. The Kier molecular flexibility index (Phi) is 7.99. The molecule has 0 bridgehead atoms. The van der Waals surface area contributed by atoms with Crippen molar-refractivity contribution in [2.24, 2.45) is 0 Å². The Balaban J connectivity index is 1.51. The minimum Gasteiger partial charge on any atom is -0.490 e. The molecule has 0 atom stereocenters. The maximum atomic E-state index is 12.9. The molecule has 0 saturated carbocycles. The fraction of sp³-hybridized carbons (Fsp3) is 0.120. The van der Waals surface area contributed by atoms with Gasteiger partial charge in [-0.3, -0.25) is 29.4 Å². The van der Waals surface area contributed by atoms with Crippen LogP contribution in [0, 0.1) is 10.1 Å². The second-order valence-corrected chi connectivity index (χ2v) is 9.46. The van der Waals surface area contributed by atoms with Crippen LogP contribution in [-0.2, 0) is 4.79 Å². The molecule has 12 heteroatoms. The second kappa shape index (κ2) is 11.4. The molecule has 1 aliphatic rings. The molecule has 0 spiro atoms. The molecule has 2 amide bonds. The van der Waals surface area contributed by atoms with Crippen LogP contribution >= 0.6 is 27.7 Å². The van der Waals surface area contributed by atoms with Crippen LogP contribution in [0.5, 0.6) is 17.4 Å². The van der Waals surface area contributed by atoms with Gasteiger partial charge >= 0.3 is 0 Å². The van der Waals surface area contributed by atoms with Crippen LogP contribution < -0.4 is 9.47 Å². The number of thioether (sulfide) groups is 1. The summed E-state index contributed by atoms with van der Waals surface area (Å²) in [4.78, 5) is 53.2. The number of Topliss-reactive ketones (excluding diaryl/α,β-unsaturated/α-hetero) is 1. The number of pyridine rings is 1. The van der Waals surface area contributed by atoms with E-state index >= 15 is 0 Å². The summed E-state index contributed by atoms with van der Waals surface area (Å²) in [5.41, 5.74) is 0.795. The number of hydrogen-bond acceptors (Lipinski definition) is 9. The van der Waals surface area contributed by atoms with Crippen LogP contribution in [0.1, 0.15) is 22.8 Å². The molecule has 2 aromatic carbocycles. The zero-order valence-corrected chi connectivity index (χ0v) is 21.7. The highest BCUT2D eigenvalue weighted by molar-refractivity contribution is 9.10. The van der Waals surface area contributed by atoms with Gasteiger partial charge in [0.25, 0.3) is 16.8 Å². The molecular weight excluding hydrogens is 566 g/mol. The van der Waals surface area contributed by atoms with Crippen molar-refractivity contribution in [3.63, 3.8) is 0 Å². The monoisotopic (exact) mass is 583 g/mol. The summed E-state index contributed by atoms with van der Waals surface area (Å²) in [6, 6.07) is 14.2. The maximum Gasteiger partial charge on any atom is 0.293 e. The van der Waals surface area contributed by atoms with Crippen LogP contribution in [0.4, 0.5) is 10.5 Å². The first kappa shape index (κ1) is 26.0. The normalized spacial score (nSPS) is 14.2. The van der Waals surface area contributed by atoms with Crippen molar-refractivity contribution in [2.75, 3.05) is 13.2 Å². The molecular formula is C25H18BrN3O7S. The fourth-order valence-corrected chi connectivity index (χ4v) is 4.38. The molecule has 10 nitrogen and oxygen atoms in total. The Hall–Kier alpha value is -4.03. The number of halogens is 1. The van der Waals surface area contributed by atoms with Gasteiger partial charge in [-0.2, -0.15) is 0 Å². The number of hydrogen-bond donors (Lipinski definition) is 0. The predicted molar refractivity (Wildman–Crippen MR) is 140 cm³/mol.